The van der Waals surface area contributed by atoms with Gasteiger partial charge in [0, 0.05) is 6.42 Å². The van der Waals surface area contributed by atoms with Crippen LogP contribution in [0.2, 0.25) is 0 Å². The molecular weight excluding hydrogens is 274 g/mol. The Morgan fingerprint density at radius 2 is 1.68 bits per heavy atom. The Hall–Kier alpha value is -1.65. The number of nitrogen functional groups attached to an aromatic ring is 1. The highest BCUT2D eigenvalue weighted by molar-refractivity contribution is 5.80. The van der Waals surface area contributed by atoms with Crippen molar-refractivity contribution in [2.45, 2.75) is 71.6 Å². The number of hydrogen-bond acceptors (Lipinski definition) is 4. The molecule has 0 amide bonds. The van der Waals surface area contributed by atoms with Crippen LogP contribution in [0.1, 0.15) is 71.0 Å². The molecule has 5 heteroatoms. The molecule has 0 aliphatic rings. The van der Waals surface area contributed by atoms with Crippen molar-refractivity contribution in [3.8, 4) is 0 Å². The van der Waals surface area contributed by atoms with Crippen LogP contribution in [0.5, 0.6) is 0 Å². The maximum Gasteiger partial charge on any atom is 0.183 e. The number of fused-ring (bicyclic) bond motifs is 1. The fourth-order valence-electron chi connectivity index (χ4n) is 2.73. The highest BCUT2D eigenvalue weighted by Gasteiger charge is 2.06. The zero-order chi connectivity index (χ0) is 15.8. The quantitative estimate of drug-likeness (QED) is 0.643. The Kier molecular flexibility index (Phi) is 6.62. The number of imidazole rings is 1. The Morgan fingerprint density at radius 1 is 1.00 bits per heavy atom. The van der Waals surface area contributed by atoms with Gasteiger partial charge < -0.3 is 10.7 Å². The standard InChI is InChI=1S/C17H29N5/c1-13(2)10-8-6-4-3-5-7-9-11-14-21-16(18)15-17(22-14)20-12-19-15/h12-13H,3-11H2,1-2H3,(H3,18,19,20,21,22). The van der Waals surface area contributed by atoms with Crippen LogP contribution in [0.25, 0.3) is 11.2 Å². The van der Waals surface area contributed by atoms with E-state index in [2.05, 4.69) is 33.8 Å². The lowest BCUT2D eigenvalue weighted by Gasteiger charge is -2.05. The molecule has 0 aliphatic carbocycles. The normalized spacial score (nSPS) is 11.6. The van der Waals surface area contributed by atoms with Gasteiger partial charge in [-0.05, 0) is 12.3 Å². The number of unbranched alkanes of at least 4 members (excludes halogenated alkanes) is 6. The van der Waals surface area contributed by atoms with Gasteiger partial charge in [0.1, 0.15) is 11.3 Å². The summed E-state index contributed by atoms with van der Waals surface area (Å²) in [4.78, 5) is 15.9. The molecule has 2 heterocycles. The van der Waals surface area contributed by atoms with Crippen LogP contribution in [0, 0.1) is 5.92 Å². The molecule has 3 N–H and O–H groups in total. The van der Waals surface area contributed by atoms with Crippen LogP contribution in [0.15, 0.2) is 6.33 Å². The predicted octanol–water partition coefficient (Wildman–Crippen LogP) is 4.25. The summed E-state index contributed by atoms with van der Waals surface area (Å²) < 4.78 is 0. The van der Waals surface area contributed by atoms with Gasteiger partial charge in [-0.2, -0.15) is 0 Å². The second kappa shape index (κ2) is 8.71. The molecule has 122 valence electrons. The van der Waals surface area contributed by atoms with E-state index in [4.69, 9.17) is 5.73 Å². The largest absolute Gasteiger partial charge is 0.382 e. The van der Waals surface area contributed by atoms with Crippen LogP contribution in [0.4, 0.5) is 5.82 Å². The molecule has 0 saturated heterocycles. The van der Waals surface area contributed by atoms with E-state index in [1.165, 1.54) is 44.9 Å². The fourth-order valence-corrected chi connectivity index (χ4v) is 2.73. The summed E-state index contributed by atoms with van der Waals surface area (Å²) >= 11 is 0. The zero-order valence-electron chi connectivity index (χ0n) is 13.9. The van der Waals surface area contributed by atoms with Gasteiger partial charge in [0.15, 0.2) is 11.5 Å². The van der Waals surface area contributed by atoms with E-state index in [0.717, 1.165) is 30.1 Å². The summed E-state index contributed by atoms with van der Waals surface area (Å²) in [6, 6.07) is 0. The molecule has 0 aliphatic heterocycles. The second-order valence-electron chi connectivity index (χ2n) is 6.53. The van der Waals surface area contributed by atoms with Crippen molar-refractivity contribution >= 4 is 17.0 Å². The molecular formula is C17H29N5. The lowest BCUT2D eigenvalue weighted by atomic mass is 10.0. The average molecular weight is 303 g/mol. The maximum absolute atomic E-state index is 5.90. The molecule has 2 aromatic heterocycles. The number of aromatic nitrogens is 4. The van der Waals surface area contributed by atoms with Crippen LogP contribution in [-0.4, -0.2) is 19.9 Å². The molecule has 0 aromatic carbocycles. The third kappa shape index (κ3) is 5.28. The van der Waals surface area contributed by atoms with Gasteiger partial charge in [0.2, 0.25) is 0 Å². The summed E-state index contributed by atoms with van der Waals surface area (Å²) in [5.74, 6) is 2.16. The smallest absolute Gasteiger partial charge is 0.183 e. The van der Waals surface area contributed by atoms with Crippen LogP contribution in [-0.2, 0) is 6.42 Å². The van der Waals surface area contributed by atoms with E-state index >= 15 is 0 Å². The Bertz CT molecular complexity index is 561. The van der Waals surface area contributed by atoms with Crippen molar-refractivity contribution in [2.24, 2.45) is 5.92 Å². The number of aryl methyl sites for hydroxylation is 1. The SMILES string of the molecule is CC(C)CCCCCCCCCc1nc(N)c2[nH]cnc2n1. The monoisotopic (exact) mass is 303 g/mol. The maximum atomic E-state index is 5.90. The van der Waals surface area contributed by atoms with Crippen molar-refractivity contribution in [3.05, 3.63) is 12.2 Å². The summed E-state index contributed by atoms with van der Waals surface area (Å²) in [5.41, 5.74) is 7.31. The molecule has 2 rings (SSSR count). The first kappa shape index (κ1) is 16.7. The number of H-pyrrole nitrogens is 1. The third-order valence-corrected chi connectivity index (χ3v) is 4.04. The molecule has 0 fully saturated rings. The van der Waals surface area contributed by atoms with Crippen LogP contribution in [0.3, 0.4) is 0 Å². The average Bonchev–Trinajstić information content (AvgIpc) is 2.94. The van der Waals surface area contributed by atoms with Gasteiger partial charge in [-0.1, -0.05) is 58.8 Å². The summed E-state index contributed by atoms with van der Waals surface area (Å²) in [6.07, 6.45) is 13.0. The van der Waals surface area contributed by atoms with Gasteiger partial charge in [-0.3, -0.25) is 0 Å². The van der Waals surface area contributed by atoms with E-state index in [9.17, 15) is 0 Å². The number of rotatable bonds is 10. The van der Waals surface area contributed by atoms with E-state index in [-0.39, 0.29) is 0 Å². The van der Waals surface area contributed by atoms with E-state index in [1.54, 1.807) is 6.33 Å². The van der Waals surface area contributed by atoms with Gasteiger partial charge >= 0.3 is 0 Å². The number of aromatic amines is 1. The molecule has 0 bridgehead atoms. The summed E-state index contributed by atoms with van der Waals surface area (Å²) in [7, 11) is 0. The van der Waals surface area contributed by atoms with Crippen LogP contribution >= 0.6 is 0 Å². The lowest BCUT2D eigenvalue weighted by molar-refractivity contribution is 0.508. The summed E-state index contributed by atoms with van der Waals surface area (Å²) in [6.45, 7) is 4.60. The topological polar surface area (TPSA) is 80.5 Å². The molecule has 5 nitrogen and oxygen atoms in total. The number of nitrogens with two attached hydrogens (primary N) is 1. The second-order valence-corrected chi connectivity index (χ2v) is 6.53. The highest BCUT2D eigenvalue weighted by atomic mass is 15.0. The number of hydrogen-bond donors (Lipinski definition) is 2. The Balaban J connectivity index is 1.58. The van der Waals surface area contributed by atoms with Gasteiger partial charge in [0.05, 0.1) is 6.33 Å². The Morgan fingerprint density at radius 3 is 2.41 bits per heavy atom. The van der Waals surface area contributed by atoms with Crippen LogP contribution < -0.4 is 5.73 Å². The van der Waals surface area contributed by atoms with Gasteiger partial charge in [-0.25, -0.2) is 15.0 Å². The third-order valence-electron chi connectivity index (χ3n) is 4.04. The zero-order valence-corrected chi connectivity index (χ0v) is 13.9. The van der Waals surface area contributed by atoms with E-state index in [0.29, 0.717) is 11.5 Å². The first-order valence-corrected chi connectivity index (χ1v) is 8.62. The number of nitrogens with one attached hydrogen (secondary N) is 1. The molecule has 0 radical (unpaired) electrons. The molecule has 0 atom stereocenters. The molecule has 0 saturated carbocycles. The van der Waals surface area contributed by atoms with E-state index < -0.39 is 0 Å². The van der Waals surface area contributed by atoms with Crippen molar-refractivity contribution in [1.82, 2.24) is 19.9 Å². The minimum atomic E-state index is 0.502. The van der Waals surface area contributed by atoms with Gasteiger partial charge in [0.25, 0.3) is 0 Å². The number of nitrogens with zero attached hydrogens (tertiary/aromatic N) is 3. The van der Waals surface area contributed by atoms with Gasteiger partial charge in [-0.15, -0.1) is 0 Å². The summed E-state index contributed by atoms with van der Waals surface area (Å²) in [5, 5.41) is 0. The first-order chi connectivity index (χ1) is 10.7. The molecule has 2 aromatic rings. The lowest BCUT2D eigenvalue weighted by Crippen LogP contribution is -2.01. The minimum absolute atomic E-state index is 0.502. The Labute approximate surface area is 133 Å². The van der Waals surface area contributed by atoms with Crippen molar-refractivity contribution in [1.29, 1.82) is 0 Å². The number of anilines is 1. The van der Waals surface area contributed by atoms with Crippen molar-refractivity contribution in [2.75, 3.05) is 5.73 Å². The fraction of sp³-hybridized carbons (Fsp3) is 0.706. The van der Waals surface area contributed by atoms with Crippen molar-refractivity contribution in [3.63, 3.8) is 0 Å². The minimum Gasteiger partial charge on any atom is -0.382 e. The molecule has 0 spiro atoms. The highest BCUT2D eigenvalue weighted by Crippen LogP contribution is 2.15. The molecule has 22 heavy (non-hydrogen) atoms. The van der Waals surface area contributed by atoms with E-state index in [1.807, 2.05) is 0 Å². The molecule has 0 unspecified atom stereocenters. The predicted molar refractivity (Wildman–Crippen MR) is 91.6 cm³/mol. The first-order valence-electron chi connectivity index (χ1n) is 8.62. The van der Waals surface area contributed by atoms with Crippen molar-refractivity contribution < 1.29 is 0 Å².